The zero-order valence-corrected chi connectivity index (χ0v) is 31.1. The van der Waals surface area contributed by atoms with E-state index in [2.05, 4.69) is 15.1 Å². The number of aliphatic hydroxyl groups excluding tert-OH is 1. The summed E-state index contributed by atoms with van der Waals surface area (Å²) in [6.07, 6.45) is -1.83. The first-order valence-electron chi connectivity index (χ1n) is 17.2. The molecule has 49 heavy (non-hydrogen) atoms. The van der Waals surface area contributed by atoms with E-state index in [4.69, 9.17) is 28.0 Å². The number of methoxy groups -OCH3 is 1. The van der Waals surface area contributed by atoms with Gasteiger partial charge in [-0.25, -0.2) is 13.2 Å². The van der Waals surface area contributed by atoms with Crippen LogP contribution < -0.4 is 10.1 Å². The number of alkyl carbamates (subject to hydrolysis) is 1. The van der Waals surface area contributed by atoms with Crippen LogP contribution >= 0.6 is 7.60 Å². The molecule has 0 aromatic heterocycles. The molecule has 3 saturated heterocycles. The Morgan fingerprint density at radius 1 is 1.06 bits per heavy atom. The zero-order valence-electron chi connectivity index (χ0n) is 29.4. The summed E-state index contributed by atoms with van der Waals surface area (Å²) in [6, 6.07) is 5.26. The average molecular weight is 735 g/mol. The smallest absolute Gasteiger partial charge is 0.407 e. The van der Waals surface area contributed by atoms with Gasteiger partial charge in [0.15, 0.2) is 6.29 Å². The number of carbonyl (C=O) groups is 1. The number of hydrogen-bond donors (Lipinski definition) is 2. The summed E-state index contributed by atoms with van der Waals surface area (Å²) in [5.74, 6) is 0.437. The normalized spacial score (nSPS) is 23.5. The highest BCUT2D eigenvalue weighted by molar-refractivity contribution is 7.89. The van der Waals surface area contributed by atoms with Gasteiger partial charge in [0.05, 0.1) is 62.7 Å². The van der Waals surface area contributed by atoms with Crippen molar-refractivity contribution >= 4 is 23.7 Å². The average Bonchev–Trinajstić information content (AvgIpc) is 3.69. The molecular weight excluding hydrogens is 679 g/mol. The molecule has 0 spiro atoms. The minimum atomic E-state index is -3.99. The number of sulfonamides is 1. The molecule has 2 N–H and O–H groups in total. The lowest BCUT2D eigenvalue weighted by molar-refractivity contribution is -0.0907. The molecule has 0 bridgehead atoms. The Balaban J connectivity index is 1.44. The van der Waals surface area contributed by atoms with Crippen LogP contribution in [0.2, 0.25) is 0 Å². The number of fused-ring (bicyclic) bond motifs is 1. The summed E-state index contributed by atoms with van der Waals surface area (Å²) in [6.45, 7) is 12.0. The predicted octanol–water partition coefficient (Wildman–Crippen LogP) is 2.44. The number of carbonyl (C=O) groups excluding carboxylic acids is 1. The number of benzene rings is 1. The number of aliphatic hydroxyl groups is 1. The Hall–Kier alpha value is -1.85. The third-order valence-corrected chi connectivity index (χ3v) is 12.8. The molecular formula is C32H55N4O11PS. The summed E-state index contributed by atoms with van der Waals surface area (Å²) >= 11 is 0. The Labute approximate surface area is 291 Å². The molecule has 4 rings (SSSR count). The van der Waals surface area contributed by atoms with Crippen LogP contribution in [0, 0.1) is 11.8 Å². The lowest BCUT2D eigenvalue weighted by atomic mass is 10.0. The van der Waals surface area contributed by atoms with Crippen LogP contribution in [0.3, 0.4) is 0 Å². The SMILES string of the molecule is CCOP(=O)(CCN1CCN(C[C@H](NC(=O)O[C@H]2CO[C@H]3OCC[C@H]32)[C@H](O)CN(CC(C)C)S(=O)(=O)c2ccc(OC)cc2)CC1)OCC. The van der Waals surface area contributed by atoms with E-state index in [1.165, 1.54) is 23.5 Å². The van der Waals surface area contributed by atoms with E-state index in [1.807, 2.05) is 13.8 Å². The number of piperazine rings is 1. The lowest BCUT2D eigenvalue weighted by Crippen LogP contribution is -2.57. The van der Waals surface area contributed by atoms with Gasteiger partial charge in [-0.05, 0) is 50.5 Å². The minimum absolute atomic E-state index is 0.0330. The van der Waals surface area contributed by atoms with Gasteiger partial charge in [0.25, 0.3) is 0 Å². The summed E-state index contributed by atoms with van der Waals surface area (Å²) < 4.78 is 74.8. The molecule has 15 nitrogen and oxygen atoms in total. The van der Waals surface area contributed by atoms with Gasteiger partial charge in [0.1, 0.15) is 11.9 Å². The second kappa shape index (κ2) is 18.6. The number of amides is 1. The van der Waals surface area contributed by atoms with Crippen LogP contribution in [0.4, 0.5) is 4.79 Å². The predicted molar refractivity (Wildman–Crippen MR) is 182 cm³/mol. The molecule has 3 aliphatic heterocycles. The number of rotatable bonds is 19. The first-order chi connectivity index (χ1) is 23.4. The standard InChI is InChI=1S/C32H55N4O11PS/c1-6-45-48(39,46-7-2)19-17-34-13-15-35(16-14-34)21-28(33-32(38)47-30-23-44-31-27(30)12-18-43-31)29(37)22-36(20-24(3)4)49(40,41)26-10-8-25(42-5)9-11-26/h8-11,24,27-31,37H,6-7,12-23H2,1-5H3,(H,33,38)/t27-,28-,29+,30-,31+/m0/s1. The van der Waals surface area contributed by atoms with Gasteiger partial charge in [0.2, 0.25) is 10.0 Å². The van der Waals surface area contributed by atoms with Crippen molar-refractivity contribution in [3.05, 3.63) is 24.3 Å². The molecule has 0 saturated carbocycles. The van der Waals surface area contributed by atoms with E-state index >= 15 is 0 Å². The molecule has 280 valence electrons. The molecule has 5 atom stereocenters. The maximum atomic E-state index is 13.8. The maximum absolute atomic E-state index is 13.8. The second-order valence-electron chi connectivity index (χ2n) is 13.0. The topological polar surface area (TPSA) is 166 Å². The largest absolute Gasteiger partial charge is 0.497 e. The van der Waals surface area contributed by atoms with E-state index in [-0.39, 0.29) is 55.4 Å². The van der Waals surface area contributed by atoms with Crippen LogP contribution in [0.25, 0.3) is 0 Å². The fraction of sp³-hybridized carbons (Fsp3) is 0.781. The van der Waals surface area contributed by atoms with Gasteiger partial charge in [-0.1, -0.05) is 13.8 Å². The third kappa shape index (κ3) is 11.3. The molecule has 1 aromatic carbocycles. The van der Waals surface area contributed by atoms with Crippen molar-refractivity contribution in [3.63, 3.8) is 0 Å². The number of ether oxygens (including phenoxy) is 4. The summed E-state index contributed by atoms with van der Waals surface area (Å²) in [5.41, 5.74) is 0. The van der Waals surface area contributed by atoms with Gasteiger partial charge in [-0.3, -0.25) is 9.46 Å². The monoisotopic (exact) mass is 734 g/mol. The van der Waals surface area contributed by atoms with Crippen LogP contribution in [-0.4, -0.2) is 150 Å². The van der Waals surface area contributed by atoms with Crippen molar-refractivity contribution in [2.75, 3.05) is 92.1 Å². The van der Waals surface area contributed by atoms with Crippen LogP contribution in [0.5, 0.6) is 5.75 Å². The first kappa shape index (κ1) is 39.9. The first-order valence-corrected chi connectivity index (χ1v) is 20.4. The summed E-state index contributed by atoms with van der Waals surface area (Å²) in [7, 11) is -5.65. The van der Waals surface area contributed by atoms with Crippen molar-refractivity contribution in [3.8, 4) is 5.75 Å². The molecule has 3 aliphatic rings. The van der Waals surface area contributed by atoms with Crippen molar-refractivity contribution < 1.29 is 50.9 Å². The van der Waals surface area contributed by atoms with Crippen molar-refractivity contribution in [2.24, 2.45) is 11.8 Å². The molecule has 3 fully saturated rings. The van der Waals surface area contributed by atoms with E-state index in [9.17, 15) is 22.9 Å². The quantitative estimate of drug-likeness (QED) is 0.199. The molecule has 0 aliphatic carbocycles. The highest BCUT2D eigenvalue weighted by atomic mass is 32.2. The fourth-order valence-corrected chi connectivity index (χ4v) is 9.61. The highest BCUT2D eigenvalue weighted by Gasteiger charge is 2.44. The lowest BCUT2D eigenvalue weighted by Gasteiger charge is -2.38. The Morgan fingerprint density at radius 2 is 1.71 bits per heavy atom. The van der Waals surface area contributed by atoms with Crippen molar-refractivity contribution in [1.29, 1.82) is 0 Å². The minimum Gasteiger partial charge on any atom is -0.497 e. The molecule has 1 aromatic rings. The molecule has 0 unspecified atom stereocenters. The van der Waals surface area contributed by atoms with Crippen molar-refractivity contribution in [2.45, 2.75) is 63.6 Å². The van der Waals surface area contributed by atoms with E-state index < -0.39 is 42.0 Å². The van der Waals surface area contributed by atoms with Gasteiger partial charge < -0.3 is 43.3 Å². The Bertz CT molecular complexity index is 1320. The van der Waals surface area contributed by atoms with E-state index in [0.29, 0.717) is 58.3 Å². The fourth-order valence-electron chi connectivity index (χ4n) is 6.34. The molecule has 0 radical (unpaired) electrons. The summed E-state index contributed by atoms with van der Waals surface area (Å²) in [5, 5.41) is 14.5. The van der Waals surface area contributed by atoms with Crippen molar-refractivity contribution in [1.82, 2.24) is 19.4 Å². The molecule has 3 heterocycles. The maximum Gasteiger partial charge on any atom is 0.407 e. The van der Waals surface area contributed by atoms with E-state index in [0.717, 1.165) is 6.42 Å². The van der Waals surface area contributed by atoms with Crippen LogP contribution in [0.15, 0.2) is 29.2 Å². The molecule has 17 heteroatoms. The summed E-state index contributed by atoms with van der Waals surface area (Å²) in [4.78, 5) is 17.6. The number of nitrogens with one attached hydrogen (secondary N) is 1. The van der Waals surface area contributed by atoms with Crippen LogP contribution in [-0.2, 0) is 37.8 Å². The number of hydrogen-bond acceptors (Lipinski definition) is 13. The van der Waals surface area contributed by atoms with Gasteiger partial charge in [-0.2, -0.15) is 4.31 Å². The number of nitrogens with zero attached hydrogens (tertiary/aromatic N) is 3. The van der Waals surface area contributed by atoms with Gasteiger partial charge in [-0.15, -0.1) is 0 Å². The van der Waals surface area contributed by atoms with Gasteiger partial charge in [0, 0.05) is 52.4 Å². The van der Waals surface area contributed by atoms with Crippen LogP contribution in [0.1, 0.15) is 34.1 Å². The second-order valence-corrected chi connectivity index (χ2v) is 17.1. The highest BCUT2D eigenvalue weighted by Crippen LogP contribution is 2.47. The Kier molecular flexibility index (Phi) is 15.1. The third-order valence-electron chi connectivity index (χ3n) is 8.93. The Morgan fingerprint density at radius 3 is 2.33 bits per heavy atom. The van der Waals surface area contributed by atoms with E-state index in [1.54, 1.807) is 26.0 Å². The molecule has 1 amide bonds. The van der Waals surface area contributed by atoms with Gasteiger partial charge >= 0.3 is 13.7 Å². The zero-order chi connectivity index (χ0) is 35.6.